The molecule has 0 aliphatic heterocycles. The van der Waals surface area contributed by atoms with E-state index >= 15 is 0 Å². The Morgan fingerprint density at radius 1 is 1.67 bits per heavy atom. The predicted octanol–water partition coefficient (Wildman–Crippen LogP) is 1.71. The van der Waals surface area contributed by atoms with Gasteiger partial charge in [-0.3, -0.25) is 4.79 Å². The standard InChI is InChI=1S/C11H10FNO2/c1-3-4-15-11-6-10(13-7-14)9(12)5-8(11)2/h1,5-7H,4H2,2H3,(H,13,14). The highest BCUT2D eigenvalue weighted by Gasteiger charge is 2.07. The number of hydrogen-bond acceptors (Lipinski definition) is 2. The van der Waals surface area contributed by atoms with Gasteiger partial charge in [0.15, 0.2) is 0 Å². The predicted molar refractivity (Wildman–Crippen MR) is 55.2 cm³/mol. The van der Waals surface area contributed by atoms with Crippen LogP contribution in [0.15, 0.2) is 12.1 Å². The average molecular weight is 207 g/mol. The number of terminal acetylenes is 1. The van der Waals surface area contributed by atoms with Gasteiger partial charge >= 0.3 is 0 Å². The Morgan fingerprint density at radius 2 is 2.40 bits per heavy atom. The summed E-state index contributed by atoms with van der Waals surface area (Å²) in [7, 11) is 0. The van der Waals surface area contributed by atoms with Crippen molar-refractivity contribution in [1.29, 1.82) is 0 Å². The van der Waals surface area contributed by atoms with Gasteiger partial charge < -0.3 is 10.1 Å². The van der Waals surface area contributed by atoms with Crippen LogP contribution < -0.4 is 10.1 Å². The van der Waals surface area contributed by atoms with E-state index in [1.165, 1.54) is 12.1 Å². The first kappa shape index (κ1) is 11.1. The first-order valence-corrected chi connectivity index (χ1v) is 4.25. The van der Waals surface area contributed by atoms with Crippen LogP contribution in [0.5, 0.6) is 5.75 Å². The van der Waals surface area contributed by atoms with Crippen LogP contribution in [0.1, 0.15) is 5.56 Å². The molecule has 1 rings (SSSR count). The first-order valence-electron chi connectivity index (χ1n) is 4.25. The summed E-state index contributed by atoms with van der Waals surface area (Å²) >= 11 is 0. The fraction of sp³-hybridized carbons (Fsp3) is 0.182. The van der Waals surface area contributed by atoms with Crippen molar-refractivity contribution < 1.29 is 13.9 Å². The summed E-state index contributed by atoms with van der Waals surface area (Å²) in [5.41, 5.74) is 0.696. The van der Waals surface area contributed by atoms with Crippen molar-refractivity contribution in [2.24, 2.45) is 0 Å². The number of nitrogens with one attached hydrogen (secondary N) is 1. The molecule has 1 aromatic rings. The maximum atomic E-state index is 13.2. The Morgan fingerprint density at radius 3 is 3.00 bits per heavy atom. The highest BCUT2D eigenvalue weighted by atomic mass is 19.1. The summed E-state index contributed by atoms with van der Waals surface area (Å²) in [5.74, 6) is 2.25. The van der Waals surface area contributed by atoms with E-state index in [9.17, 15) is 9.18 Å². The fourth-order valence-corrected chi connectivity index (χ4v) is 1.10. The maximum absolute atomic E-state index is 13.2. The molecular weight excluding hydrogens is 197 g/mol. The van der Waals surface area contributed by atoms with Crippen LogP contribution in [0, 0.1) is 25.1 Å². The van der Waals surface area contributed by atoms with Crippen molar-refractivity contribution in [3.8, 4) is 18.1 Å². The van der Waals surface area contributed by atoms with E-state index in [1.54, 1.807) is 6.92 Å². The van der Waals surface area contributed by atoms with E-state index < -0.39 is 5.82 Å². The minimum absolute atomic E-state index is 0.0719. The molecule has 15 heavy (non-hydrogen) atoms. The molecule has 1 amide bonds. The number of carbonyl (C=O) groups excluding carboxylic acids is 1. The van der Waals surface area contributed by atoms with Crippen LogP contribution in [0.4, 0.5) is 10.1 Å². The molecule has 1 N–H and O–H groups in total. The van der Waals surface area contributed by atoms with Crippen molar-refractivity contribution in [1.82, 2.24) is 0 Å². The molecule has 3 nitrogen and oxygen atoms in total. The second-order valence-corrected chi connectivity index (χ2v) is 2.85. The summed E-state index contributed by atoms with van der Waals surface area (Å²) in [6.07, 6.45) is 5.43. The Kier molecular flexibility index (Phi) is 3.69. The number of amides is 1. The number of aryl methyl sites for hydroxylation is 1. The van der Waals surface area contributed by atoms with Crippen molar-refractivity contribution in [3.63, 3.8) is 0 Å². The van der Waals surface area contributed by atoms with Gasteiger partial charge in [-0.2, -0.15) is 0 Å². The van der Waals surface area contributed by atoms with Gasteiger partial charge in [0.2, 0.25) is 6.41 Å². The normalized spacial score (nSPS) is 9.13. The number of benzene rings is 1. The maximum Gasteiger partial charge on any atom is 0.211 e. The van der Waals surface area contributed by atoms with E-state index in [0.29, 0.717) is 17.7 Å². The summed E-state index contributed by atoms with van der Waals surface area (Å²) in [4.78, 5) is 10.2. The van der Waals surface area contributed by atoms with Gasteiger partial charge in [0.05, 0.1) is 5.69 Å². The molecule has 0 fully saturated rings. The van der Waals surface area contributed by atoms with Crippen LogP contribution >= 0.6 is 0 Å². The van der Waals surface area contributed by atoms with Gasteiger partial charge in [-0.05, 0) is 18.6 Å². The van der Waals surface area contributed by atoms with Gasteiger partial charge in [-0.25, -0.2) is 4.39 Å². The zero-order valence-corrected chi connectivity index (χ0v) is 8.21. The molecule has 0 aliphatic carbocycles. The molecule has 0 spiro atoms. The number of hydrogen-bond donors (Lipinski definition) is 1. The van der Waals surface area contributed by atoms with E-state index in [4.69, 9.17) is 11.2 Å². The summed E-state index contributed by atoms with van der Waals surface area (Å²) in [5, 5.41) is 2.23. The fourth-order valence-electron chi connectivity index (χ4n) is 1.10. The number of anilines is 1. The molecule has 0 saturated heterocycles. The Bertz CT molecular complexity index is 410. The zero-order valence-electron chi connectivity index (χ0n) is 8.21. The number of carbonyl (C=O) groups is 1. The van der Waals surface area contributed by atoms with Crippen molar-refractivity contribution in [2.75, 3.05) is 11.9 Å². The molecule has 0 heterocycles. The quantitative estimate of drug-likeness (QED) is 0.603. The SMILES string of the molecule is C#CCOc1cc(NC=O)c(F)cc1C. The lowest BCUT2D eigenvalue weighted by molar-refractivity contribution is -0.105. The largest absolute Gasteiger partial charge is 0.481 e. The topological polar surface area (TPSA) is 38.3 Å². The van der Waals surface area contributed by atoms with Gasteiger partial charge in [0, 0.05) is 6.07 Å². The zero-order chi connectivity index (χ0) is 11.3. The first-order chi connectivity index (χ1) is 7.19. The summed E-state index contributed by atoms with van der Waals surface area (Å²) in [6.45, 7) is 1.80. The number of ether oxygens (including phenoxy) is 1. The van der Waals surface area contributed by atoms with Crippen LogP contribution in [0.2, 0.25) is 0 Å². The Hall–Kier alpha value is -2.02. The summed E-state index contributed by atoms with van der Waals surface area (Å²) in [6, 6.07) is 2.67. The Labute approximate surface area is 87.2 Å². The molecule has 0 atom stereocenters. The van der Waals surface area contributed by atoms with Gasteiger partial charge in [-0.1, -0.05) is 5.92 Å². The third-order valence-electron chi connectivity index (χ3n) is 1.79. The van der Waals surface area contributed by atoms with E-state index in [0.717, 1.165) is 0 Å². The molecule has 0 saturated carbocycles. The monoisotopic (exact) mass is 207 g/mol. The minimum atomic E-state index is -0.507. The van der Waals surface area contributed by atoms with Gasteiger partial charge in [0.1, 0.15) is 18.2 Å². The van der Waals surface area contributed by atoms with E-state index in [1.807, 2.05) is 0 Å². The smallest absolute Gasteiger partial charge is 0.211 e. The van der Waals surface area contributed by atoms with Crippen LogP contribution in [-0.4, -0.2) is 13.0 Å². The highest BCUT2D eigenvalue weighted by molar-refractivity contribution is 5.72. The van der Waals surface area contributed by atoms with Crippen molar-refractivity contribution >= 4 is 12.1 Å². The molecule has 0 radical (unpaired) electrons. The van der Waals surface area contributed by atoms with Gasteiger partial charge in [0.25, 0.3) is 0 Å². The molecular formula is C11H10FNO2. The Balaban J connectivity index is 3.01. The van der Waals surface area contributed by atoms with Crippen LogP contribution in [0.3, 0.4) is 0 Å². The average Bonchev–Trinajstić information content (AvgIpc) is 2.20. The van der Waals surface area contributed by atoms with Crippen molar-refractivity contribution in [3.05, 3.63) is 23.5 Å². The second-order valence-electron chi connectivity index (χ2n) is 2.85. The molecule has 1 aromatic carbocycles. The minimum Gasteiger partial charge on any atom is -0.481 e. The van der Waals surface area contributed by atoms with E-state index in [-0.39, 0.29) is 12.3 Å². The van der Waals surface area contributed by atoms with Crippen LogP contribution in [0.25, 0.3) is 0 Å². The number of rotatable bonds is 4. The molecule has 4 heteroatoms. The lowest BCUT2D eigenvalue weighted by atomic mass is 10.2. The molecule has 0 aliphatic rings. The third-order valence-corrected chi connectivity index (χ3v) is 1.79. The molecule has 0 unspecified atom stereocenters. The summed E-state index contributed by atoms with van der Waals surface area (Å²) < 4.78 is 18.4. The van der Waals surface area contributed by atoms with Crippen LogP contribution in [-0.2, 0) is 4.79 Å². The molecule has 78 valence electrons. The number of halogens is 1. The molecule has 0 bridgehead atoms. The van der Waals surface area contributed by atoms with Gasteiger partial charge in [-0.15, -0.1) is 6.42 Å². The third kappa shape index (κ3) is 2.71. The van der Waals surface area contributed by atoms with E-state index in [2.05, 4.69) is 11.2 Å². The molecule has 0 aromatic heterocycles. The highest BCUT2D eigenvalue weighted by Crippen LogP contribution is 2.25. The lowest BCUT2D eigenvalue weighted by Gasteiger charge is -2.09. The lowest BCUT2D eigenvalue weighted by Crippen LogP contribution is -2.01. The second kappa shape index (κ2) is 5.01. The van der Waals surface area contributed by atoms with Crippen molar-refractivity contribution in [2.45, 2.75) is 6.92 Å².